The maximum Gasteiger partial charge on any atom is 0.161 e. The van der Waals surface area contributed by atoms with Crippen LogP contribution < -0.4 is 14.8 Å². The van der Waals surface area contributed by atoms with Gasteiger partial charge in [-0.1, -0.05) is 15.9 Å². The molecule has 7 heteroatoms. The molecule has 24 heavy (non-hydrogen) atoms. The normalized spacial score (nSPS) is 18.6. The average molecular weight is 395 g/mol. The molecule has 2 aromatic rings. The first-order valence-corrected chi connectivity index (χ1v) is 8.75. The lowest BCUT2D eigenvalue weighted by molar-refractivity contribution is 0.144. The van der Waals surface area contributed by atoms with Crippen LogP contribution in [0.3, 0.4) is 0 Å². The van der Waals surface area contributed by atoms with Crippen molar-refractivity contribution in [2.45, 2.75) is 12.6 Å². The van der Waals surface area contributed by atoms with Gasteiger partial charge in [-0.2, -0.15) is 0 Å². The minimum absolute atomic E-state index is 0.249. The Labute approximate surface area is 150 Å². The zero-order chi connectivity index (χ0) is 17.1. The van der Waals surface area contributed by atoms with Crippen molar-refractivity contribution in [3.8, 4) is 11.5 Å². The van der Waals surface area contributed by atoms with Gasteiger partial charge in [0.15, 0.2) is 11.5 Å². The number of imidazole rings is 1. The number of nitrogens with zero attached hydrogens (tertiary/aromatic N) is 3. The SMILES string of the molecule is COc1cc(Br)c(CN2CCNCC2c2nccn2C)cc1OC. The van der Waals surface area contributed by atoms with Crippen LogP contribution in [0.25, 0.3) is 0 Å². The molecule has 0 saturated carbocycles. The molecular weight excluding hydrogens is 372 g/mol. The van der Waals surface area contributed by atoms with E-state index in [0.717, 1.165) is 48.0 Å². The Morgan fingerprint density at radius 3 is 2.71 bits per heavy atom. The number of nitrogens with one attached hydrogen (secondary N) is 1. The summed E-state index contributed by atoms with van der Waals surface area (Å²) in [6.45, 7) is 3.67. The fourth-order valence-electron chi connectivity index (χ4n) is 3.12. The summed E-state index contributed by atoms with van der Waals surface area (Å²) in [4.78, 5) is 6.99. The smallest absolute Gasteiger partial charge is 0.161 e. The van der Waals surface area contributed by atoms with E-state index in [1.165, 1.54) is 5.56 Å². The molecule has 0 spiro atoms. The number of aromatic nitrogens is 2. The summed E-state index contributed by atoms with van der Waals surface area (Å²) in [5.74, 6) is 2.56. The molecule has 1 aromatic carbocycles. The molecule has 2 heterocycles. The van der Waals surface area contributed by atoms with E-state index < -0.39 is 0 Å². The molecule has 0 radical (unpaired) electrons. The van der Waals surface area contributed by atoms with Gasteiger partial charge in [0.2, 0.25) is 0 Å². The second-order valence-corrected chi connectivity index (χ2v) is 6.74. The Bertz CT molecular complexity index is 704. The maximum absolute atomic E-state index is 5.45. The number of rotatable bonds is 5. The van der Waals surface area contributed by atoms with Crippen molar-refractivity contribution in [1.29, 1.82) is 0 Å². The Kier molecular flexibility index (Phi) is 5.43. The third kappa shape index (κ3) is 3.43. The molecule has 1 aliphatic heterocycles. The molecule has 1 atom stereocenters. The molecule has 0 bridgehead atoms. The summed E-state index contributed by atoms with van der Waals surface area (Å²) in [6.07, 6.45) is 3.85. The number of ether oxygens (including phenoxy) is 2. The number of hydrogen-bond acceptors (Lipinski definition) is 5. The van der Waals surface area contributed by atoms with Crippen LogP contribution in [0.5, 0.6) is 11.5 Å². The minimum Gasteiger partial charge on any atom is -0.493 e. The second-order valence-electron chi connectivity index (χ2n) is 5.89. The van der Waals surface area contributed by atoms with E-state index in [9.17, 15) is 0 Å². The van der Waals surface area contributed by atoms with Gasteiger partial charge in [-0.15, -0.1) is 0 Å². The van der Waals surface area contributed by atoms with Crippen LogP contribution in [-0.2, 0) is 13.6 Å². The van der Waals surface area contributed by atoms with Crippen molar-refractivity contribution in [2.75, 3.05) is 33.9 Å². The highest BCUT2D eigenvalue weighted by Crippen LogP contribution is 2.35. The van der Waals surface area contributed by atoms with Crippen molar-refractivity contribution in [3.63, 3.8) is 0 Å². The minimum atomic E-state index is 0.249. The largest absolute Gasteiger partial charge is 0.493 e. The molecule has 6 nitrogen and oxygen atoms in total. The van der Waals surface area contributed by atoms with Crippen molar-refractivity contribution >= 4 is 15.9 Å². The highest BCUT2D eigenvalue weighted by Gasteiger charge is 2.27. The Morgan fingerprint density at radius 1 is 1.29 bits per heavy atom. The molecular formula is C17H23BrN4O2. The fraction of sp³-hybridized carbons (Fsp3) is 0.471. The monoisotopic (exact) mass is 394 g/mol. The van der Waals surface area contributed by atoms with Crippen LogP contribution in [0, 0.1) is 0 Å². The van der Waals surface area contributed by atoms with E-state index in [1.54, 1.807) is 14.2 Å². The third-order valence-corrected chi connectivity index (χ3v) is 5.17. The fourth-order valence-corrected chi connectivity index (χ4v) is 3.57. The lowest BCUT2D eigenvalue weighted by Crippen LogP contribution is -2.46. The van der Waals surface area contributed by atoms with Crippen molar-refractivity contribution < 1.29 is 9.47 Å². The lowest BCUT2D eigenvalue weighted by atomic mass is 10.1. The van der Waals surface area contributed by atoms with Crippen LogP contribution in [0.4, 0.5) is 0 Å². The zero-order valence-corrected chi connectivity index (χ0v) is 15.8. The van der Waals surface area contributed by atoms with Crippen LogP contribution in [0.1, 0.15) is 17.4 Å². The first-order valence-electron chi connectivity index (χ1n) is 7.96. The molecule has 0 amide bonds. The standard InChI is InChI=1S/C17H23BrN4O2/c1-21-6-5-20-17(21)14-10-19-4-7-22(14)11-12-8-15(23-2)16(24-3)9-13(12)18/h5-6,8-9,14,19H,4,7,10-11H2,1-3H3. The predicted octanol–water partition coefficient (Wildman–Crippen LogP) is 2.35. The van der Waals surface area contributed by atoms with E-state index in [1.807, 2.05) is 31.6 Å². The molecule has 1 saturated heterocycles. The van der Waals surface area contributed by atoms with Gasteiger partial charge in [0.05, 0.1) is 20.3 Å². The third-order valence-electron chi connectivity index (χ3n) is 4.44. The van der Waals surface area contributed by atoms with Gasteiger partial charge in [-0.25, -0.2) is 4.98 Å². The van der Waals surface area contributed by atoms with Gasteiger partial charge in [0.1, 0.15) is 5.82 Å². The van der Waals surface area contributed by atoms with Crippen LogP contribution in [0.15, 0.2) is 29.0 Å². The summed E-state index contributed by atoms with van der Waals surface area (Å²) in [5, 5.41) is 3.47. The van der Waals surface area contributed by atoms with E-state index in [-0.39, 0.29) is 6.04 Å². The van der Waals surface area contributed by atoms with E-state index in [2.05, 4.69) is 35.7 Å². The summed E-state index contributed by atoms with van der Waals surface area (Å²) in [5.41, 5.74) is 1.17. The van der Waals surface area contributed by atoms with E-state index in [0.29, 0.717) is 0 Å². The average Bonchev–Trinajstić information content (AvgIpc) is 3.02. The summed E-state index contributed by atoms with van der Waals surface area (Å²) >= 11 is 3.66. The summed E-state index contributed by atoms with van der Waals surface area (Å²) in [6, 6.07) is 4.26. The first kappa shape index (κ1) is 17.3. The first-order chi connectivity index (χ1) is 11.6. The maximum atomic E-state index is 5.45. The summed E-state index contributed by atoms with van der Waals surface area (Å²) < 4.78 is 13.9. The zero-order valence-electron chi connectivity index (χ0n) is 14.3. The van der Waals surface area contributed by atoms with Crippen LogP contribution in [0.2, 0.25) is 0 Å². The van der Waals surface area contributed by atoms with Crippen molar-refractivity contribution in [1.82, 2.24) is 19.8 Å². The number of benzene rings is 1. The molecule has 1 unspecified atom stereocenters. The number of halogens is 1. The van der Waals surface area contributed by atoms with Gasteiger partial charge in [0, 0.05) is 50.1 Å². The van der Waals surface area contributed by atoms with Crippen LogP contribution in [-0.4, -0.2) is 48.3 Å². The Morgan fingerprint density at radius 2 is 2.04 bits per heavy atom. The highest BCUT2D eigenvalue weighted by molar-refractivity contribution is 9.10. The topological polar surface area (TPSA) is 51.5 Å². The molecule has 0 aliphatic carbocycles. The van der Waals surface area contributed by atoms with Crippen molar-refractivity contribution in [3.05, 3.63) is 40.4 Å². The Hall–Kier alpha value is -1.57. The van der Waals surface area contributed by atoms with Gasteiger partial charge < -0.3 is 19.4 Å². The number of hydrogen-bond donors (Lipinski definition) is 1. The predicted molar refractivity (Wildman–Crippen MR) is 96.5 cm³/mol. The molecule has 3 rings (SSSR count). The number of piperazine rings is 1. The Balaban J connectivity index is 1.87. The summed E-state index contributed by atoms with van der Waals surface area (Å²) in [7, 11) is 5.36. The van der Waals surface area contributed by atoms with E-state index >= 15 is 0 Å². The molecule has 1 N–H and O–H groups in total. The van der Waals surface area contributed by atoms with E-state index in [4.69, 9.17) is 9.47 Å². The van der Waals surface area contributed by atoms with Crippen molar-refractivity contribution in [2.24, 2.45) is 7.05 Å². The van der Waals surface area contributed by atoms with Gasteiger partial charge in [-0.3, -0.25) is 4.90 Å². The quantitative estimate of drug-likeness (QED) is 0.843. The van der Waals surface area contributed by atoms with Gasteiger partial charge >= 0.3 is 0 Å². The van der Waals surface area contributed by atoms with Gasteiger partial charge in [0.25, 0.3) is 0 Å². The molecule has 1 aliphatic rings. The molecule has 1 aromatic heterocycles. The van der Waals surface area contributed by atoms with Crippen LogP contribution >= 0.6 is 15.9 Å². The lowest BCUT2D eigenvalue weighted by Gasteiger charge is -2.36. The number of methoxy groups -OCH3 is 2. The molecule has 1 fully saturated rings. The molecule has 130 valence electrons. The highest BCUT2D eigenvalue weighted by atomic mass is 79.9. The second kappa shape index (κ2) is 7.55. The number of aryl methyl sites for hydroxylation is 1. The van der Waals surface area contributed by atoms with Gasteiger partial charge in [-0.05, 0) is 17.7 Å².